The fourth-order valence-electron chi connectivity index (χ4n) is 2.39. The summed E-state index contributed by atoms with van der Waals surface area (Å²) >= 11 is 0. The van der Waals surface area contributed by atoms with E-state index < -0.39 is 0 Å². The Labute approximate surface area is 131 Å². The van der Waals surface area contributed by atoms with Crippen molar-refractivity contribution in [1.82, 2.24) is 5.48 Å². The van der Waals surface area contributed by atoms with Crippen LogP contribution in [0.25, 0.3) is 0 Å². The molecule has 0 bridgehead atoms. The highest BCUT2D eigenvalue weighted by molar-refractivity contribution is 5.29. The molecule has 0 saturated carbocycles. The van der Waals surface area contributed by atoms with Gasteiger partial charge in [0.2, 0.25) is 0 Å². The van der Waals surface area contributed by atoms with Crippen LogP contribution in [0.4, 0.5) is 0 Å². The van der Waals surface area contributed by atoms with Crippen molar-refractivity contribution in [3.8, 4) is 0 Å². The van der Waals surface area contributed by atoms with Gasteiger partial charge in [0.1, 0.15) is 6.10 Å². The maximum absolute atomic E-state index is 5.97. The Balaban J connectivity index is 1.72. The molecule has 0 aliphatic carbocycles. The van der Waals surface area contributed by atoms with Crippen LogP contribution in [0.2, 0.25) is 0 Å². The Bertz CT molecular complexity index is 628. The zero-order valence-electron chi connectivity index (χ0n) is 12.4. The molecule has 0 atom stereocenters. The van der Waals surface area contributed by atoms with Crippen LogP contribution in [0.15, 0.2) is 91.0 Å². The van der Waals surface area contributed by atoms with Crippen LogP contribution in [0.1, 0.15) is 22.8 Å². The first-order valence-electron chi connectivity index (χ1n) is 7.46. The van der Waals surface area contributed by atoms with Gasteiger partial charge in [-0.3, -0.25) is 4.84 Å². The van der Waals surface area contributed by atoms with E-state index in [9.17, 15) is 0 Å². The van der Waals surface area contributed by atoms with Crippen molar-refractivity contribution >= 4 is 0 Å². The fraction of sp³-hybridized carbons (Fsp3) is 0.100. The zero-order valence-corrected chi connectivity index (χ0v) is 12.4. The van der Waals surface area contributed by atoms with Crippen LogP contribution in [-0.2, 0) is 11.4 Å². The highest BCUT2D eigenvalue weighted by Crippen LogP contribution is 2.24. The monoisotopic (exact) mass is 289 g/mol. The van der Waals surface area contributed by atoms with Gasteiger partial charge in [0.15, 0.2) is 0 Å². The Morgan fingerprint density at radius 2 is 1.09 bits per heavy atom. The lowest BCUT2D eigenvalue weighted by molar-refractivity contribution is -0.00886. The van der Waals surface area contributed by atoms with Crippen molar-refractivity contribution in [2.45, 2.75) is 12.6 Å². The molecule has 3 aromatic rings. The van der Waals surface area contributed by atoms with E-state index in [0.717, 1.165) is 11.1 Å². The summed E-state index contributed by atoms with van der Waals surface area (Å²) in [6, 6.07) is 30.7. The lowest BCUT2D eigenvalue weighted by Crippen LogP contribution is -2.19. The van der Waals surface area contributed by atoms with E-state index in [1.807, 2.05) is 54.6 Å². The highest BCUT2D eigenvalue weighted by atomic mass is 16.7. The molecular formula is C20H19NO. The summed E-state index contributed by atoms with van der Waals surface area (Å²) in [5, 5.41) is 0. The van der Waals surface area contributed by atoms with Crippen LogP contribution in [0.5, 0.6) is 0 Å². The summed E-state index contributed by atoms with van der Waals surface area (Å²) in [6.45, 7) is 0.678. The first-order valence-corrected chi connectivity index (χ1v) is 7.46. The molecule has 0 saturated heterocycles. The lowest BCUT2D eigenvalue weighted by atomic mass is 10.0. The van der Waals surface area contributed by atoms with Gasteiger partial charge in [-0.1, -0.05) is 91.0 Å². The number of nitrogens with one attached hydrogen (secondary N) is 1. The van der Waals surface area contributed by atoms with E-state index in [0.29, 0.717) is 6.54 Å². The lowest BCUT2D eigenvalue weighted by Gasteiger charge is -2.19. The number of hydrogen-bond acceptors (Lipinski definition) is 2. The smallest absolute Gasteiger partial charge is 0.129 e. The Morgan fingerprint density at radius 1 is 0.636 bits per heavy atom. The van der Waals surface area contributed by atoms with Crippen molar-refractivity contribution in [1.29, 1.82) is 0 Å². The van der Waals surface area contributed by atoms with Gasteiger partial charge < -0.3 is 0 Å². The van der Waals surface area contributed by atoms with Gasteiger partial charge in [0.05, 0.1) is 0 Å². The molecule has 0 aliphatic rings. The Morgan fingerprint density at radius 3 is 1.59 bits per heavy atom. The minimum Gasteiger partial charge on any atom is -0.289 e. The highest BCUT2D eigenvalue weighted by Gasteiger charge is 2.14. The molecule has 2 nitrogen and oxygen atoms in total. The summed E-state index contributed by atoms with van der Waals surface area (Å²) in [6.07, 6.45) is -0.119. The molecule has 0 aromatic heterocycles. The molecule has 0 spiro atoms. The van der Waals surface area contributed by atoms with Crippen molar-refractivity contribution in [2.75, 3.05) is 0 Å². The molecule has 0 amide bonds. The number of hydrogen-bond donors (Lipinski definition) is 1. The Kier molecular flexibility index (Phi) is 4.98. The van der Waals surface area contributed by atoms with Crippen molar-refractivity contribution < 1.29 is 4.84 Å². The summed E-state index contributed by atoms with van der Waals surface area (Å²) < 4.78 is 0. The maximum atomic E-state index is 5.97. The second-order valence-corrected chi connectivity index (χ2v) is 5.13. The number of rotatable bonds is 6. The van der Waals surface area contributed by atoms with E-state index in [-0.39, 0.29) is 6.10 Å². The first-order chi connectivity index (χ1) is 10.9. The standard InChI is InChI=1S/C20H19NO/c1-4-10-17(11-5-1)16-21-22-20(18-12-6-2-7-13-18)19-14-8-3-9-15-19/h1-15,20-21H,16H2. The molecule has 0 heterocycles. The van der Waals surface area contributed by atoms with Crippen molar-refractivity contribution in [3.63, 3.8) is 0 Å². The van der Waals surface area contributed by atoms with Gasteiger partial charge in [-0.15, -0.1) is 0 Å². The summed E-state index contributed by atoms with van der Waals surface area (Å²) in [5.74, 6) is 0. The third kappa shape index (κ3) is 3.82. The van der Waals surface area contributed by atoms with Crippen LogP contribution in [0, 0.1) is 0 Å². The number of hydroxylamine groups is 1. The molecule has 0 fully saturated rings. The predicted octanol–water partition coefficient (Wildman–Crippen LogP) is 4.50. The second kappa shape index (κ2) is 7.55. The number of benzene rings is 3. The van der Waals surface area contributed by atoms with E-state index in [2.05, 4.69) is 41.9 Å². The fourth-order valence-corrected chi connectivity index (χ4v) is 2.39. The molecule has 2 heteroatoms. The van der Waals surface area contributed by atoms with Crippen molar-refractivity contribution in [2.24, 2.45) is 0 Å². The van der Waals surface area contributed by atoms with E-state index in [4.69, 9.17) is 4.84 Å². The topological polar surface area (TPSA) is 21.3 Å². The van der Waals surface area contributed by atoms with Gasteiger partial charge in [-0.2, -0.15) is 5.48 Å². The second-order valence-electron chi connectivity index (χ2n) is 5.13. The first kappa shape index (κ1) is 14.5. The van der Waals surface area contributed by atoms with Crippen LogP contribution >= 0.6 is 0 Å². The van der Waals surface area contributed by atoms with Gasteiger partial charge >= 0.3 is 0 Å². The predicted molar refractivity (Wildman–Crippen MR) is 89.1 cm³/mol. The minimum atomic E-state index is -0.119. The average Bonchev–Trinajstić information content (AvgIpc) is 2.61. The largest absolute Gasteiger partial charge is 0.289 e. The zero-order chi connectivity index (χ0) is 15.0. The SMILES string of the molecule is c1ccc(CNOC(c2ccccc2)c2ccccc2)cc1. The maximum Gasteiger partial charge on any atom is 0.129 e. The molecule has 0 unspecified atom stereocenters. The molecule has 1 N–H and O–H groups in total. The molecule has 3 rings (SSSR count). The molecule has 0 radical (unpaired) electrons. The molecule has 22 heavy (non-hydrogen) atoms. The normalized spacial score (nSPS) is 10.8. The third-order valence-electron chi connectivity index (χ3n) is 3.52. The van der Waals surface area contributed by atoms with Gasteiger partial charge in [0, 0.05) is 6.54 Å². The molecule has 110 valence electrons. The minimum absolute atomic E-state index is 0.119. The summed E-state index contributed by atoms with van der Waals surface area (Å²) in [5.41, 5.74) is 6.56. The van der Waals surface area contributed by atoms with E-state index in [1.165, 1.54) is 5.56 Å². The van der Waals surface area contributed by atoms with Gasteiger partial charge in [0.25, 0.3) is 0 Å². The van der Waals surface area contributed by atoms with Gasteiger partial charge in [-0.05, 0) is 16.7 Å². The van der Waals surface area contributed by atoms with E-state index >= 15 is 0 Å². The summed E-state index contributed by atoms with van der Waals surface area (Å²) in [4.78, 5) is 5.97. The third-order valence-corrected chi connectivity index (χ3v) is 3.52. The molecule has 0 aliphatic heterocycles. The molecule has 3 aromatic carbocycles. The van der Waals surface area contributed by atoms with Crippen LogP contribution in [-0.4, -0.2) is 0 Å². The van der Waals surface area contributed by atoms with Crippen LogP contribution in [0.3, 0.4) is 0 Å². The quantitative estimate of drug-likeness (QED) is 0.675. The van der Waals surface area contributed by atoms with E-state index in [1.54, 1.807) is 0 Å². The van der Waals surface area contributed by atoms with Crippen molar-refractivity contribution in [3.05, 3.63) is 108 Å². The Hall–Kier alpha value is -2.42. The summed E-state index contributed by atoms with van der Waals surface area (Å²) in [7, 11) is 0. The molecular weight excluding hydrogens is 270 g/mol. The van der Waals surface area contributed by atoms with Crippen LogP contribution < -0.4 is 5.48 Å². The average molecular weight is 289 g/mol. The van der Waals surface area contributed by atoms with Gasteiger partial charge in [-0.25, -0.2) is 0 Å².